The second kappa shape index (κ2) is 8.44. The monoisotopic (exact) mass is 399 g/mol. The average Bonchev–Trinajstić information content (AvgIpc) is 3.05. The fourth-order valence-corrected chi connectivity index (χ4v) is 2.83. The van der Waals surface area contributed by atoms with Crippen LogP contribution >= 0.6 is 12.2 Å². The molecular weight excluding hydrogens is 382 g/mol. The van der Waals surface area contributed by atoms with Gasteiger partial charge in [0.2, 0.25) is 10.5 Å². The van der Waals surface area contributed by atoms with Crippen molar-refractivity contribution < 1.29 is 14.4 Å². The molecule has 0 spiro atoms. The minimum Gasteiger partial charge on any atom is -0.493 e. The van der Waals surface area contributed by atoms with E-state index in [1.165, 1.54) is 31.2 Å². The fraction of sp³-hybridized carbons (Fsp3) is 0.167. The standard InChI is InChI=1S/C18H17N5O4S/c1-26-15-9-13(8-14(23(24)25)17(15)27-2)11-19-22-16(20-21-18(22)28)10-12-6-4-3-5-7-12/h3-9,11H,10H2,1-2H3,(H,21,28)/b19-11-. The first-order valence-electron chi connectivity index (χ1n) is 8.18. The van der Waals surface area contributed by atoms with E-state index in [9.17, 15) is 10.1 Å². The Morgan fingerprint density at radius 3 is 2.68 bits per heavy atom. The van der Waals surface area contributed by atoms with Gasteiger partial charge in [-0.15, -0.1) is 0 Å². The molecule has 0 atom stereocenters. The summed E-state index contributed by atoms with van der Waals surface area (Å²) in [4.78, 5) is 10.8. The summed E-state index contributed by atoms with van der Waals surface area (Å²) in [6.07, 6.45) is 1.98. The summed E-state index contributed by atoms with van der Waals surface area (Å²) < 4.78 is 12.1. The van der Waals surface area contributed by atoms with Crippen LogP contribution < -0.4 is 9.47 Å². The summed E-state index contributed by atoms with van der Waals surface area (Å²) >= 11 is 5.24. The van der Waals surface area contributed by atoms with Crippen LogP contribution in [-0.2, 0) is 6.42 Å². The fourth-order valence-electron chi connectivity index (χ4n) is 2.64. The molecule has 1 N–H and O–H groups in total. The zero-order chi connectivity index (χ0) is 20.1. The molecule has 0 amide bonds. The number of nitro groups is 1. The third kappa shape index (κ3) is 4.07. The molecule has 1 heterocycles. The van der Waals surface area contributed by atoms with E-state index in [4.69, 9.17) is 21.7 Å². The highest BCUT2D eigenvalue weighted by Gasteiger charge is 2.21. The van der Waals surface area contributed by atoms with E-state index < -0.39 is 4.92 Å². The summed E-state index contributed by atoms with van der Waals surface area (Å²) in [6.45, 7) is 0. The van der Waals surface area contributed by atoms with Crippen molar-refractivity contribution in [1.29, 1.82) is 0 Å². The van der Waals surface area contributed by atoms with Gasteiger partial charge in [0.15, 0.2) is 11.6 Å². The van der Waals surface area contributed by atoms with Crippen LogP contribution in [0.25, 0.3) is 0 Å². The molecule has 9 nitrogen and oxygen atoms in total. The van der Waals surface area contributed by atoms with Crippen molar-refractivity contribution in [3.05, 3.63) is 74.3 Å². The molecule has 144 valence electrons. The van der Waals surface area contributed by atoms with Gasteiger partial charge in [0, 0.05) is 18.1 Å². The molecule has 0 bridgehead atoms. The van der Waals surface area contributed by atoms with E-state index in [1.807, 2.05) is 30.3 Å². The van der Waals surface area contributed by atoms with Crippen molar-refractivity contribution in [1.82, 2.24) is 14.9 Å². The lowest BCUT2D eigenvalue weighted by Crippen LogP contribution is -2.02. The van der Waals surface area contributed by atoms with Crippen molar-refractivity contribution >= 4 is 24.1 Å². The van der Waals surface area contributed by atoms with Crippen LogP contribution in [0.2, 0.25) is 0 Å². The van der Waals surface area contributed by atoms with E-state index >= 15 is 0 Å². The highest BCUT2D eigenvalue weighted by Crippen LogP contribution is 2.37. The van der Waals surface area contributed by atoms with Gasteiger partial charge in [-0.05, 0) is 23.8 Å². The number of aromatic amines is 1. The minimum atomic E-state index is -0.539. The van der Waals surface area contributed by atoms with Crippen LogP contribution in [0.5, 0.6) is 11.5 Å². The molecule has 0 saturated carbocycles. The lowest BCUT2D eigenvalue weighted by Gasteiger charge is -2.08. The lowest BCUT2D eigenvalue weighted by atomic mass is 10.1. The van der Waals surface area contributed by atoms with Gasteiger partial charge < -0.3 is 9.47 Å². The van der Waals surface area contributed by atoms with Crippen LogP contribution in [0, 0.1) is 14.9 Å². The van der Waals surface area contributed by atoms with Gasteiger partial charge in [-0.2, -0.15) is 14.9 Å². The van der Waals surface area contributed by atoms with E-state index in [-0.39, 0.29) is 17.2 Å². The highest BCUT2D eigenvalue weighted by molar-refractivity contribution is 7.71. The molecule has 1 aromatic heterocycles. The maximum Gasteiger partial charge on any atom is 0.315 e. The van der Waals surface area contributed by atoms with Gasteiger partial charge in [-0.3, -0.25) is 15.2 Å². The number of rotatable bonds is 7. The van der Waals surface area contributed by atoms with Gasteiger partial charge >= 0.3 is 5.69 Å². The van der Waals surface area contributed by atoms with Crippen LogP contribution in [-0.4, -0.2) is 40.2 Å². The third-order valence-electron chi connectivity index (χ3n) is 3.92. The molecule has 0 aliphatic rings. The molecule has 0 saturated heterocycles. The maximum absolute atomic E-state index is 11.3. The molecule has 0 fully saturated rings. The van der Waals surface area contributed by atoms with Gasteiger partial charge in [-0.25, -0.2) is 0 Å². The van der Waals surface area contributed by atoms with Gasteiger partial charge in [0.1, 0.15) is 0 Å². The first kappa shape index (κ1) is 19.2. The Morgan fingerprint density at radius 1 is 1.29 bits per heavy atom. The number of ether oxygens (including phenoxy) is 2. The van der Waals surface area contributed by atoms with Crippen LogP contribution in [0.1, 0.15) is 17.0 Å². The third-order valence-corrected chi connectivity index (χ3v) is 4.19. The molecule has 2 aromatic carbocycles. The van der Waals surface area contributed by atoms with Crippen molar-refractivity contribution in [3.63, 3.8) is 0 Å². The second-order valence-electron chi connectivity index (χ2n) is 5.70. The van der Waals surface area contributed by atoms with Crippen LogP contribution in [0.3, 0.4) is 0 Å². The van der Waals surface area contributed by atoms with Crippen molar-refractivity contribution in [2.75, 3.05) is 14.2 Å². The number of H-pyrrole nitrogens is 1. The SMILES string of the molecule is COc1cc(/C=N\n2c(Cc3ccccc3)n[nH]c2=S)cc([N+](=O)[O-])c1OC. The van der Waals surface area contributed by atoms with Crippen molar-refractivity contribution in [2.45, 2.75) is 6.42 Å². The molecule has 0 aliphatic heterocycles. The van der Waals surface area contributed by atoms with Crippen molar-refractivity contribution in [2.24, 2.45) is 5.10 Å². The Bertz CT molecular complexity index is 1080. The highest BCUT2D eigenvalue weighted by atomic mass is 32.1. The van der Waals surface area contributed by atoms with Gasteiger partial charge in [0.05, 0.1) is 25.4 Å². The molecule has 10 heteroatoms. The number of benzene rings is 2. The second-order valence-corrected chi connectivity index (χ2v) is 6.08. The number of hydrogen-bond acceptors (Lipinski definition) is 7. The average molecular weight is 399 g/mol. The summed E-state index contributed by atoms with van der Waals surface area (Å²) in [7, 11) is 2.76. The summed E-state index contributed by atoms with van der Waals surface area (Å²) in [5.41, 5.74) is 1.29. The van der Waals surface area contributed by atoms with E-state index in [0.717, 1.165) is 5.56 Å². The number of hydrogen-bond donors (Lipinski definition) is 1. The van der Waals surface area contributed by atoms with Crippen LogP contribution in [0.15, 0.2) is 47.6 Å². The zero-order valence-corrected chi connectivity index (χ0v) is 16.0. The maximum atomic E-state index is 11.3. The predicted molar refractivity (Wildman–Crippen MR) is 106 cm³/mol. The first-order chi connectivity index (χ1) is 13.5. The number of nitro benzene ring substituents is 1. The molecule has 3 aromatic rings. The number of nitrogens with zero attached hydrogens (tertiary/aromatic N) is 4. The van der Waals surface area contributed by atoms with E-state index in [2.05, 4.69) is 15.3 Å². The van der Waals surface area contributed by atoms with E-state index in [0.29, 0.717) is 22.6 Å². The Morgan fingerprint density at radius 2 is 2.04 bits per heavy atom. The minimum absolute atomic E-state index is 0.0503. The summed E-state index contributed by atoms with van der Waals surface area (Å²) in [6, 6.07) is 12.7. The zero-order valence-electron chi connectivity index (χ0n) is 15.2. The summed E-state index contributed by atoms with van der Waals surface area (Å²) in [5.74, 6) is 0.898. The molecule has 0 unspecified atom stereocenters. The lowest BCUT2D eigenvalue weighted by molar-refractivity contribution is -0.385. The Labute approximate surface area is 165 Å². The predicted octanol–water partition coefficient (Wildman–Crippen LogP) is 3.34. The topological polar surface area (TPSA) is 108 Å². The Balaban J connectivity index is 1.96. The van der Waals surface area contributed by atoms with Gasteiger partial charge in [0.25, 0.3) is 0 Å². The Kier molecular flexibility index (Phi) is 5.80. The molecular formula is C18H17N5O4S. The Hall–Kier alpha value is -3.53. The number of aromatic nitrogens is 3. The largest absolute Gasteiger partial charge is 0.493 e. The molecule has 0 radical (unpaired) electrons. The van der Waals surface area contributed by atoms with Crippen molar-refractivity contribution in [3.8, 4) is 11.5 Å². The molecule has 0 aliphatic carbocycles. The van der Waals surface area contributed by atoms with Crippen LogP contribution in [0.4, 0.5) is 5.69 Å². The first-order valence-corrected chi connectivity index (χ1v) is 8.59. The van der Waals surface area contributed by atoms with Gasteiger partial charge in [-0.1, -0.05) is 30.3 Å². The number of nitrogens with one attached hydrogen (secondary N) is 1. The smallest absolute Gasteiger partial charge is 0.315 e. The molecule has 28 heavy (non-hydrogen) atoms. The quantitative estimate of drug-likeness (QED) is 0.283. The summed E-state index contributed by atoms with van der Waals surface area (Å²) in [5, 5.41) is 22.6. The van der Waals surface area contributed by atoms with E-state index in [1.54, 1.807) is 6.07 Å². The molecule has 3 rings (SSSR count). The number of methoxy groups -OCH3 is 2. The normalized spacial score (nSPS) is 10.9.